The summed E-state index contributed by atoms with van der Waals surface area (Å²) in [6.45, 7) is 8.39. The Kier molecular flexibility index (Phi) is 6.89. The Morgan fingerprint density at radius 3 is 2.76 bits per heavy atom. The molecule has 2 saturated heterocycles. The van der Waals surface area contributed by atoms with Gasteiger partial charge >= 0.3 is 18.0 Å². The second kappa shape index (κ2) is 9.71. The second-order valence-electron chi connectivity index (χ2n) is 8.83. The monoisotopic (exact) mass is 490 g/mol. The first-order chi connectivity index (χ1) is 16.3. The van der Waals surface area contributed by atoms with Crippen LogP contribution >= 0.6 is 11.3 Å². The fraction of sp³-hybridized carbons (Fsp3) is 0.591. The molecular formula is C22H30N6O5S. The molecule has 3 aliphatic rings. The van der Waals surface area contributed by atoms with Crippen LogP contribution in [0, 0.1) is 0 Å². The van der Waals surface area contributed by atoms with Gasteiger partial charge in [-0.05, 0) is 20.8 Å². The van der Waals surface area contributed by atoms with Gasteiger partial charge in [-0.25, -0.2) is 19.4 Å². The van der Waals surface area contributed by atoms with E-state index in [1.807, 2.05) is 10.3 Å². The summed E-state index contributed by atoms with van der Waals surface area (Å²) in [5, 5.41) is 5.93. The van der Waals surface area contributed by atoms with E-state index in [0.717, 1.165) is 10.7 Å². The Balaban J connectivity index is 1.49. The molecule has 1 N–H and O–H groups in total. The lowest BCUT2D eigenvalue weighted by molar-refractivity contribution is -0.151. The first-order valence-electron chi connectivity index (χ1n) is 11.3. The van der Waals surface area contributed by atoms with E-state index in [1.54, 1.807) is 31.9 Å². The number of hydrogen-bond donors (Lipinski definition) is 1. The molecule has 1 aromatic heterocycles. The van der Waals surface area contributed by atoms with Gasteiger partial charge in [0.05, 0.1) is 31.9 Å². The molecule has 12 heteroatoms. The van der Waals surface area contributed by atoms with E-state index in [1.165, 1.54) is 18.4 Å². The second-order valence-corrected chi connectivity index (χ2v) is 9.73. The zero-order chi connectivity index (χ0) is 24.5. The highest BCUT2D eigenvalue weighted by Crippen LogP contribution is 2.28. The number of aromatic nitrogens is 1. The zero-order valence-electron chi connectivity index (χ0n) is 19.9. The molecular weight excluding hydrogens is 460 g/mol. The summed E-state index contributed by atoms with van der Waals surface area (Å²) in [6, 6.07) is -0.215. The molecule has 4 rings (SSSR count). The summed E-state index contributed by atoms with van der Waals surface area (Å²) in [6.07, 6.45) is 1.71. The number of carbonyl (C=O) groups excluding carboxylic acids is 3. The standard InChI is InChI=1S/C22H30N6O5S/c1-5-33-19(29)15-10-24-17(18-23-6-9-34-18)25-16(15)13-26-7-8-27-14(11-26)12-28(21(27)31)22(2,3)20(30)32-4/h6,9,14H,5,7-8,10-13H2,1-4H3,(H,24,25). The number of piperazine rings is 1. The van der Waals surface area contributed by atoms with E-state index in [9.17, 15) is 14.4 Å². The number of amides is 2. The average Bonchev–Trinajstić information content (AvgIpc) is 3.47. The maximum absolute atomic E-state index is 13.0. The van der Waals surface area contributed by atoms with Crippen molar-refractivity contribution < 1.29 is 23.9 Å². The fourth-order valence-electron chi connectivity index (χ4n) is 4.48. The van der Waals surface area contributed by atoms with Crippen LogP contribution in [0.2, 0.25) is 0 Å². The number of aliphatic imine (C=N–C) groups is 1. The Bertz CT molecular complexity index is 1020. The first-order valence-corrected chi connectivity index (χ1v) is 12.1. The van der Waals surface area contributed by atoms with Crippen molar-refractivity contribution in [1.29, 1.82) is 0 Å². The Hall–Kier alpha value is -2.99. The number of nitrogens with one attached hydrogen (secondary N) is 1. The van der Waals surface area contributed by atoms with Crippen LogP contribution in [-0.2, 0) is 19.1 Å². The van der Waals surface area contributed by atoms with Crippen LogP contribution in [-0.4, -0.2) is 108 Å². The van der Waals surface area contributed by atoms with Crippen LogP contribution < -0.4 is 5.32 Å². The number of esters is 2. The zero-order valence-corrected chi connectivity index (χ0v) is 20.7. The third kappa shape index (κ3) is 4.51. The van der Waals surface area contributed by atoms with Crippen molar-refractivity contribution in [3.8, 4) is 0 Å². The number of thiazole rings is 1. The highest BCUT2D eigenvalue weighted by Gasteiger charge is 2.49. The molecule has 1 aromatic rings. The third-order valence-electron chi connectivity index (χ3n) is 6.36. The third-order valence-corrected chi connectivity index (χ3v) is 7.14. The number of ether oxygens (including phenoxy) is 2. The summed E-state index contributed by atoms with van der Waals surface area (Å²) in [5.41, 5.74) is 0.196. The van der Waals surface area contributed by atoms with Gasteiger partial charge in [0.1, 0.15) is 5.54 Å². The van der Waals surface area contributed by atoms with Gasteiger partial charge in [0.25, 0.3) is 0 Å². The van der Waals surface area contributed by atoms with Gasteiger partial charge in [-0.3, -0.25) is 9.89 Å². The van der Waals surface area contributed by atoms with E-state index in [0.29, 0.717) is 44.1 Å². The Labute approximate surface area is 202 Å². The number of fused-ring (bicyclic) bond motifs is 1. The Morgan fingerprint density at radius 2 is 2.09 bits per heavy atom. The van der Waals surface area contributed by atoms with Gasteiger partial charge < -0.3 is 24.6 Å². The number of carbonyl (C=O) groups is 3. The van der Waals surface area contributed by atoms with Crippen molar-refractivity contribution in [2.45, 2.75) is 32.4 Å². The quantitative estimate of drug-likeness (QED) is 0.555. The van der Waals surface area contributed by atoms with Crippen molar-refractivity contribution in [1.82, 2.24) is 25.0 Å². The highest BCUT2D eigenvalue weighted by atomic mass is 32.1. The van der Waals surface area contributed by atoms with Crippen LogP contribution in [0.3, 0.4) is 0 Å². The minimum atomic E-state index is -1.04. The summed E-state index contributed by atoms with van der Waals surface area (Å²) in [5.74, 6) is -0.187. The van der Waals surface area contributed by atoms with Gasteiger partial charge in [0.15, 0.2) is 10.8 Å². The van der Waals surface area contributed by atoms with Crippen molar-refractivity contribution >= 4 is 35.1 Å². The number of nitrogens with zero attached hydrogens (tertiary/aromatic N) is 5. The molecule has 3 aliphatic heterocycles. The molecule has 184 valence electrons. The normalized spacial score (nSPS) is 21.2. The maximum Gasteiger partial charge on any atom is 0.337 e. The highest BCUT2D eigenvalue weighted by molar-refractivity contribution is 7.11. The molecule has 2 amide bonds. The molecule has 0 spiro atoms. The van der Waals surface area contributed by atoms with Crippen LogP contribution in [0.15, 0.2) is 27.8 Å². The van der Waals surface area contributed by atoms with Crippen LogP contribution in [0.5, 0.6) is 0 Å². The molecule has 0 radical (unpaired) electrons. The van der Waals surface area contributed by atoms with Gasteiger partial charge in [-0.1, -0.05) is 0 Å². The smallest absolute Gasteiger partial charge is 0.337 e. The van der Waals surface area contributed by atoms with Crippen LogP contribution in [0.25, 0.3) is 0 Å². The summed E-state index contributed by atoms with van der Waals surface area (Å²) in [4.78, 5) is 52.3. The number of urea groups is 1. The minimum Gasteiger partial charge on any atom is -0.467 e. The van der Waals surface area contributed by atoms with Crippen molar-refractivity contribution in [3.63, 3.8) is 0 Å². The van der Waals surface area contributed by atoms with E-state index in [4.69, 9.17) is 9.47 Å². The average molecular weight is 491 g/mol. The first kappa shape index (κ1) is 24.1. The number of rotatable bonds is 7. The topological polar surface area (TPSA) is 117 Å². The largest absolute Gasteiger partial charge is 0.467 e. The van der Waals surface area contributed by atoms with Gasteiger partial charge in [0.2, 0.25) is 0 Å². The van der Waals surface area contributed by atoms with Crippen LogP contribution in [0.4, 0.5) is 4.79 Å². The molecule has 1 atom stereocenters. The van der Waals surface area contributed by atoms with Crippen molar-refractivity contribution in [3.05, 3.63) is 27.9 Å². The molecule has 1 unspecified atom stereocenters. The molecule has 0 bridgehead atoms. The Morgan fingerprint density at radius 1 is 1.29 bits per heavy atom. The molecule has 0 aliphatic carbocycles. The lowest BCUT2D eigenvalue weighted by atomic mass is 10.0. The van der Waals surface area contributed by atoms with E-state index < -0.39 is 11.5 Å². The fourth-order valence-corrected chi connectivity index (χ4v) is 5.08. The maximum atomic E-state index is 13.0. The van der Waals surface area contributed by atoms with Crippen molar-refractivity contribution in [2.24, 2.45) is 4.99 Å². The summed E-state index contributed by atoms with van der Waals surface area (Å²) in [7, 11) is 1.33. The predicted octanol–water partition coefficient (Wildman–Crippen LogP) is 0.684. The van der Waals surface area contributed by atoms with E-state index in [2.05, 4.69) is 20.2 Å². The molecule has 4 heterocycles. The minimum absolute atomic E-state index is 0.0625. The predicted molar refractivity (Wildman–Crippen MR) is 125 cm³/mol. The number of amidine groups is 1. The van der Waals surface area contributed by atoms with Crippen molar-refractivity contribution in [2.75, 3.05) is 53.0 Å². The molecule has 34 heavy (non-hydrogen) atoms. The molecule has 0 aromatic carbocycles. The molecule has 0 saturated carbocycles. The summed E-state index contributed by atoms with van der Waals surface area (Å²) >= 11 is 1.47. The van der Waals surface area contributed by atoms with Gasteiger partial charge in [-0.2, -0.15) is 0 Å². The van der Waals surface area contributed by atoms with E-state index >= 15 is 0 Å². The van der Waals surface area contributed by atoms with Crippen LogP contribution in [0.1, 0.15) is 25.8 Å². The summed E-state index contributed by atoms with van der Waals surface area (Å²) < 4.78 is 10.2. The SMILES string of the molecule is CCOC(=O)C1=C(CN2CCN3C(=O)N(C(C)(C)C(=O)OC)CC3C2)NC(c2nccs2)=NC1. The van der Waals surface area contributed by atoms with E-state index in [-0.39, 0.29) is 31.2 Å². The molecule has 2 fully saturated rings. The van der Waals surface area contributed by atoms with Gasteiger partial charge in [-0.15, -0.1) is 11.3 Å². The number of hydrogen-bond acceptors (Lipinski definition) is 10. The number of methoxy groups -OCH3 is 1. The molecule has 11 nitrogen and oxygen atoms in total. The lowest BCUT2D eigenvalue weighted by Gasteiger charge is -2.37. The lowest BCUT2D eigenvalue weighted by Crippen LogP contribution is -2.54. The van der Waals surface area contributed by atoms with Gasteiger partial charge in [0, 0.05) is 50.0 Å².